The van der Waals surface area contributed by atoms with Crippen LogP contribution in [0.1, 0.15) is 22.3 Å². The summed E-state index contributed by atoms with van der Waals surface area (Å²) in [4.78, 5) is 23.8. The summed E-state index contributed by atoms with van der Waals surface area (Å²) in [7, 11) is 0. The van der Waals surface area contributed by atoms with Crippen LogP contribution in [0.4, 0.5) is 5.13 Å². The molecule has 0 spiro atoms. The number of amides is 2. The third kappa shape index (κ3) is 3.61. The van der Waals surface area contributed by atoms with E-state index in [2.05, 4.69) is 20.8 Å². The van der Waals surface area contributed by atoms with E-state index in [1.165, 1.54) is 11.3 Å². The van der Waals surface area contributed by atoms with E-state index in [1.54, 1.807) is 38.1 Å². The molecule has 2 N–H and O–H groups in total. The molecule has 1 aromatic carbocycles. The minimum Gasteiger partial charge on any atom is -0.341 e. The molecule has 0 saturated heterocycles. The zero-order chi connectivity index (χ0) is 14.5. The molecule has 0 aliphatic heterocycles. The van der Waals surface area contributed by atoms with Crippen LogP contribution in [-0.4, -0.2) is 28.1 Å². The summed E-state index contributed by atoms with van der Waals surface area (Å²) < 4.78 is 0. The van der Waals surface area contributed by atoms with Crippen molar-refractivity contribution in [3.05, 3.63) is 40.9 Å². The number of aromatic nitrogens is 2. The van der Waals surface area contributed by atoms with Crippen LogP contribution in [0.15, 0.2) is 30.3 Å². The molecule has 2 amide bonds. The maximum absolute atomic E-state index is 11.9. The second kappa shape index (κ2) is 6.25. The van der Waals surface area contributed by atoms with Crippen molar-refractivity contribution in [3.63, 3.8) is 0 Å². The lowest BCUT2D eigenvalue weighted by Crippen LogP contribution is -2.41. The van der Waals surface area contributed by atoms with Crippen LogP contribution in [0.2, 0.25) is 0 Å². The predicted octanol–water partition coefficient (Wildman–Crippen LogP) is 1.60. The summed E-state index contributed by atoms with van der Waals surface area (Å²) in [6, 6.07) is 8.08. The van der Waals surface area contributed by atoms with Crippen LogP contribution < -0.4 is 10.6 Å². The standard InChI is InChI=1S/C13H14N4O2S/c1-8(11(18)15-13-17-16-9(2)20-13)14-12(19)10-6-4-3-5-7-10/h3-8H,1-2H3,(H,14,19)(H,15,17,18)/t8-/m0/s1. The highest BCUT2D eigenvalue weighted by Gasteiger charge is 2.17. The molecular weight excluding hydrogens is 276 g/mol. The van der Waals surface area contributed by atoms with Gasteiger partial charge in [0.1, 0.15) is 11.0 Å². The molecule has 0 saturated carbocycles. The summed E-state index contributed by atoms with van der Waals surface area (Å²) in [5.74, 6) is -0.618. The fourth-order valence-electron chi connectivity index (χ4n) is 1.50. The molecule has 0 bridgehead atoms. The lowest BCUT2D eigenvalue weighted by molar-refractivity contribution is -0.117. The van der Waals surface area contributed by atoms with Gasteiger partial charge in [0.2, 0.25) is 11.0 Å². The summed E-state index contributed by atoms with van der Waals surface area (Å²) in [6.45, 7) is 3.41. The van der Waals surface area contributed by atoms with Gasteiger partial charge in [0.25, 0.3) is 5.91 Å². The molecule has 20 heavy (non-hydrogen) atoms. The minimum absolute atomic E-state index is 0.290. The van der Waals surface area contributed by atoms with Crippen molar-refractivity contribution < 1.29 is 9.59 Å². The van der Waals surface area contributed by atoms with Gasteiger partial charge < -0.3 is 5.32 Å². The third-order valence-electron chi connectivity index (χ3n) is 2.53. The van der Waals surface area contributed by atoms with Crippen LogP contribution in [0, 0.1) is 6.92 Å². The van der Waals surface area contributed by atoms with Gasteiger partial charge >= 0.3 is 0 Å². The monoisotopic (exact) mass is 290 g/mol. The van der Waals surface area contributed by atoms with Gasteiger partial charge in [0.05, 0.1) is 0 Å². The summed E-state index contributed by atoms with van der Waals surface area (Å²) >= 11 is 1.28. The number of rotatable bonds is 4. The molecule has 1 heterocycles. The zero-order valence-electron chi connectivity index (χ0n) is 11.1. The second-order valence-corrected chi connectivity index (χ2v) is 5.36. The Morgan fingerprint density at radius 2 is 1.90 bits per heavy atom. The van der Waals surface area contributed by atoms with E-state index in [0.29, 0.717) is 10.7 Å². The lowest BCUT2D eigenvalue weighted by atomic mass is 10.2. The topological polar surface area (TPSA) is 84.0 Å². The predicted molar refractivity (Wildman–Crippen MR) is 76.6 cm³/mol. The SMILES string of the molecule is Cc1nnc(NC(=O)[C@H](C)NC(=O)c2ccccc2)s1. The van der Waals surface area contributed by atoms with Crippen LogP contribution >= 0.6 is 11.3 Å². The number of benzene rings is 1. The number of anilines is 1. The van der Waals surface area contributed by atoms with Crippen molar-refractivity contribution in [1.82, 2.24) is 15.5 Å². The van der Waals surface area contributed by atoms with E-state index in [0.717, 1.165) is 5.01 Å². The Labute approximate surface area is 120 Å². The summed E-state index contributed by atoms with van der Waals surface area (Å²) in [5.41, 5.74) is 0.513. The highest BCUT2D eigenvalue weighted by atomic mass is 32.1. The normalized spacial score (nSPS) is 11.7. The molecule has 0 aliphatic rings. The van der Waals surface area contributed by atoms with Crippen LogP contribution in [-0.2, 0) is 4.79 Å². The second-order valence-electron chi connectivity index (χ2n) is 4.18. The maximum Gasteiger partial charge on any atom is 0.251 e. The van der Waals surface area contributed by atoms with Crippen molar-refractivity contribution in [2.45, 2.75) is 19.9 Å². The van der Waals surface area contributed by atoms with Gasteiger partial charge in [-0.15, -0.1) is 10.2 Å². The molecule has 0 fully saturated rings. The smallest absolute Gasteiger partial charge is 0.251 e. The Morgan fingerprint density at radius 1 is 1.20 bits per heavy atom. The average Bonchev–Trinajstić information content (AvgIpc) is 2.85. The average molecular weight is 290 g/mol. The zero-order valence-corrected chi connectivity index (χ0v) is 11.9. The fraction of sp³-hybridized carbons (Fsp3) is 0.231. The number of carbonyl (C=O) groups is 2. The van der Waals surface area contributed by atoms with Crippen LogP contribution in [0.5, 0.6) is 0 Å². The largest absolute Gasteiger partial charge is 0.341 e. The Bertz CT molecular complexity index is 612. The van der Waals surface area contributed by atoms with Crippen molar-refractivity contribution in [3.8, 4) is 0 Å². The molecule has 0 aliphatic carbocycles. The number of carbonyl (C=O) groups excluding carboxylic acids is 2. The molecule has 0 radical (unpaired) electrons. The van der Waals surface area contributed by atoms with E-state index in [-0.39, 0.29) is 11.8 Å². The van der Waals surface area contributed by atoms with Gasteiger partial charge in [0, 0.05) is 5.56 Å². The molecular formula is C13H14N4O2S. The lowest BCUT2D eigenvalue weighted by Gasteiger charge is -2.12. The van der Waals surface area contributed by atoms with E-state index in [1.807, 2.05) is 6.07 Å². The van der Waals surface area contributed by atoms with Gasteiger partial charge in [-0.3, -0.25) is 14.9 Å². The molecule has 6 nitrogen and oxygen atoms in total. The van der Waals surface area contributed by atoms with Crippen molar-refractivity contribution in [2.24, 2.45) is 0 Å². The van der Waals surface area contributed by atoms with Crippen LogP contribution in [0.25, 0.3) is 0 Å². The number of hydrogen-bond acceptors (Lipinski definition) is 5. The Hall–Kier alpha value is -2.28. The van der Waals surface area contributed by atoms with E-state index in [4.69, 9.17) is 0 Å². The highest BCUT2D eigenvalue weighted by Crippen LogP contribution is 2.13. The molecule has 1 aromatic heterocycles. The first kappa shape index (κ1) is 14.1. The first-order chi connectivity index (χ1) is 9.56. The molecule has 1 atom stereocenters. The van der Waals surface area contributed by atoms with Gasteiger partial charge in [-0.05, 0) is 26.0 Å². The van der Waals surface area contributed by atoms with Crippen molar-refractivity contribution in [2.75, 3.05) is 5.32 Å². The fourth-order valence-corrected chi connectivity index (χ4v) is 2.09. The number of nitrogens with zero attached hydrogens (tertiary/aromatic N) is 2. The maximum atomic E-state index is 11.9. The number of nitrogens with one attached hydrogen (secondary N) is 2. The summed E-state index contributed by atoms with van der Waals surface area (Å²) in [6.07, 6.45) is 0. The molecule has 0 unspecified atom stereocenters. The van der Waals surface area contributed by atoms with Crippen molar-refractivity contribution >= 4 is 28.3 Å². The quantitative estimate of drug-likeness (QED) is 0.896. The first-order valence-corrected chi connectivity index (χ1v) is 6.85. The first-order valence-electron chi connectivity index (χ1n) is 6.03. The Kier molecular flexibility index (Phi) is 4.41. The van der Waals surface area contributed by atoms with E-state index in [9.17, 15) is 9.59 Å². The van der Waals surface area contributed by atoms with Crippen LogP contribution in [0.3, 0.4) is 0 Å². The number of aryl methyl sites for hydroxylation is 1. The van der Waals surface area contributed by atoms with Gasteiger partial charge in [-0.2, -0.15) is 0 Å². The van der Waals surface area contributed by atoms with Crippen molar-refractivity contribution in [1.29, 1.82) is 0 Å². The van der Waals surface area contributed by atoms with Gasteiger partial charge in [0.15, 0.2) is 0 Å². The summed E-state index contributed by atoms with van der Waals surface area (Å²) in [5, 5.41) is 14.0. The molecule has 104 valence electrons. The molecule has 2 aromatic rings. The Morgan fingerprint density at radius 3 is 2.50 bits per heavy atom. The Balaban J connectivity index is 1.92. The van der Waals surface area contributed by atoms with E-state index >= 15 is 0 Å². The van der Waals surface area contributed by atoms with Gasteiger partial charge in [-0.25, -0.2) is 0 Å². The highest BCUT2D eigenvalue weighted by molar-refractivity contribution is 7.15. The number of hydrogen-bond donors (Lipinski definition) is 2. The molecule has 7 heteroatoms. The van der Waals surface area contributed by atoms with E-state index < -0.39 is 6.04 Å². The van der Waals surface area contributed by atoms with Gasteiger partial charge in [-0.1, -0.05) is 29.5 Å². The third-order valence-corrected chi connectivity index (χ3v) is 3.29. The minimum atomic E-state index is -0.660. The molecule has 2 rings (SSSR count).